The Bertz CT molecular complexity index is 63.7. The predicted octanol–water partition coefficient (Wildman–Crippen LogP) is 5.30. The zero-order chi connectivity index (χ0) is 9.19. The maximum atomic E-state index is 2.13. The highest BCUT2D eigenvalue weighted by atomic mass is 33.4. The molecule has 78 valence electrons. The van der Waals surface area contributed by atoms with Crippen LogP contribution < -0.4 is 0 Å². The second-order valence-electron chi connectivity index (χ2n) is 3.41. The molecule has 0 bridgehead atoms. The van der Waals surface area contributed by atoms with E-state index in [-0.39, 0.29) is 0 Å². The Balaban J connectivity index is 2.01. The summed E-state index contributed by atoms with van der Waals surface area (Å²) in [6.45, 7) is 0. The van der Waals surface area contributed by atoms with Gasteiger partial charge in [-0.15, -0.1) is 0 Å². The van der Waals surface area contributed by atoms with Gasteiger partial charge < -0.3 is 0 Å². The lowest BCUT2D eigenvalue weighted by Gasteiger charge is -1.99. The van der Waals surface area contributed by atoms with E-state index < -0.39 is 0 Å². The van der Waals surface area contributed by atoms with Gasteiger partial charge in [0.25, 0.3) is 0 Å². The van der Waals surface area contributed by atoms with Crippen molar-refractivity contribution in [2.75, 3.05) is 11.9 Å². The molecular formula is C9H20P2S2. The van der Waals surface area contributed by atoms with E-state index in [4.69, 9.17) is 0 Å². The molecule has 4 heteroatoms. The van der Waals surface area contributed by atoms with E-state index in [2.05, 4.69) is 21.2 Å². The lowest BCUT2D eigenvalue weighted by Crippen LogP contribution is -1.82. The van der Waals surface area contributed by atoms with Crippen LogP contribution in [-0.2, 0) is 0 Å². The Morgan fingerprint density at radius 2 is 1.46 bits per heavy atom. The molecule has 0 aromatic carbocycles. The van der Waals surface area contributed by atoms with Gasteiger partial charge in [0.2, 0.25) is 0 Å². The molecule has 1 aliphatic heterocycles. The highest BCUT2D eigenvalue weighted by Crippen LogP contribution is 2.54. The van der Waals surface area contributed by atoms with Crippen molar-refractivity contribution in [3.8, 4) is 0 Å². The molecule has 13 heavy (non-hydrogen) atoms. The molecule has 2 atom stereocenters. The molecule has 1 aliphatic rings. The van der Waals surface area contributed by atoms with Crippen LogP contribution in [0, 0.1) is 0 Å². The van der Waals surface area contributed by atoms with Crippen LogP contribution >= 0.6 is 36.9 Å². The number of hydrogen-bond donors (Lipinski definition) is 0. The fourth-order valence-corrected chi connectivity index (χ4v) is 10.2. The molecular weight excluding hydrogens is 234 g/mol. The molecule has 1 heterocycles. The summed E-state index contributed by atoms with van der Waals surface area (Å²) in [4.78, 5) is 0. The maximum Gasteiger partial charge on any atom is 0.00401 e. The summed E-state index contributed by atoms with van der Waals surface area (Å²) in [5.74, 6) is 1.39. The van der Waals surface area contributed by atoms with Gasteiger partial charge in [0.15, 0.2) is 0 Å². The fraction of sp³-hybridized carbons (Fsp3) is 1.00. The van der Waals surface area contributed by atoms with Crippen LogP contribution in [0.2, 0.25) is 0 Å². The minimum absolute atomic E-state index is 1.18. The normalized spacial score (nSPS) is 27.7. The van der Waals surface area contributed by atoms with Gasteiger partial charge in [0.1, 0.15) is 0 Å². The van der Waals surface area contributed by atoms with Crippen molar-refractivity contribution in [1.29, 1.82) is 0 Å². The minimum Gasteiger partial charge on any atom is -0.0895 e. The Hall–Kier alpha value is 1.56. The summed E-state index contributed by atoms with van der Waals surface area (Å²) in [7, 11) is 6.67. The standard InChI is InChI=1S/C9H20P2S2/c1-2-4-6-8-10-11-13-12-9-7-5-3-1/h10-11H,1-9H2. The molecule has 0 nitrogen and oxygen atoms in total. The monoisotopic (exact) mass is 254 g/mol. The Labute approximate surface area is 93.8 Å². The maximum absolute atomic E-state index is 2.13. The van der Waals surface area contributed by atoms with E-state index in [1.54, 1.807) is 0 Å². The number of hydrogen-bond acceptors (Lipinski definition) is 2. The first-order chi connectivity index (χ1) is 6.50. The third kappa shape index (κ3) is 8.55. The van der Waals surface area contributed by atoms with E-state index in [0.29, 0.717) is 0 Å². The Kier molecular flexibility index (Phi) is 9.80. The molecule has 0 saturated carbocycles. The van der Waals surface area contributed by atoms with Crippen LogP contribution in [0.4, 0.5) is 0 Å². The van der Waals surface area contributed by atoms with E-state index in [0.717, 1.165) is 0 Å². The molecule has 0 aromatic rings. The zero-order valence-electron chi connectivity index (χ0n) is 8.18. The zero-order valence-corrected chi connectivity index (χ0v) is 11.8. The summed E-state index contributed by atoms with van der Waals surface area (Å²) in [5, 5.41) is 0. The average molecular weight is 254 g/mol. The van der Waals surface area contributed by atoms with Gasteiger partial charge in [-0.2, -0.15) is 0 Å². The average Bonchev–Trinajstić information content (AvgIpc) is 2.18. The summed E-state index contributed by atoms with van der Waals surface area (Å²) in [6, 6.07) is 0. The van der Waals surface area contributed by atoms with Gasteiger partial charge >= 0.3 is 0 Å². The Morgan fingerprint density at radius 3 is 2.31 bits per heavy atom. The molecule has 2 unspecified atom stereocenters. The van der Waals surface area contributed by atoms with Crippen molar-refractivity contribution in [3.05, 3.63) is 0 Å². The first-order valence-corrected chi connectivity index (χ1v) is 11.5. The van der Waals surface area contributed by atoms with Gasteiger partial charge in [-0.25, -0.2) is 0 Å². The summed E-state index contributed by atoms with van der Waals surface area (Å²) < 4.78 is 0. The quantitative estimate of drug-likeness (QED) is 0.425. The van der Waals surface area contributed by atoms with Gasteiger partial charge in [-0.1, -0.05) is 61.6 Å². The van der Waals surface area contributed by atoms with Crippen LogP contribution in [0.15, 0.2) is 0 Å². The third-order valence-electron chi connectivity index (χ3n) is 2.20. The van der Waals surface area contributed by atoms with Gasteiger partial charge in [-0.3, -0.25) is 0 Å². The number of rotatable bonds is 0. The lowest BCUT2D eigenvalue weighted by atomic mass is 10.1. The molecule has 0 radical (unpaired) electrons. The molecule has 0 N–H and O–H groups in total. The van der Waals surface area contributed by atoms with Gasteiger partial charge in [0.05, 0.1) is 0 Å². The van der Waals surface area contributed by atoms with Crippen molar-refractivity contribution in [3.63, 3.8) is 0 Å². The molecule has 0 amide bonds. The van der Waals surface area contributed by atoms with E-state index in [9.17, 15) is 0 Å². The topological polar surface area (TPSA) is 0 Å². The summed E-state index contributed by atoms with van der Waals surface area (Å²) in [6.07, 6.45) is 11.9. The fourth-order valence-electron chi connectivity index (χ4n) is 1.41. The minimum atomic E-state index is 1.18. The van der Waals surface area contributed by atoms with E-state index >= 15 is 0 Å². The smallest absolute Gasteiger partial charge is 0.00401 e. The first-order valence-electron chi connectivity index (χ1n) is 5.26. The molecule has 0 aliphatic carbocycles. The third-order valence-corrected chi connectivity index (χ3v) is 11.3. The second kappa shape index (κ2) is 10.1. The van der Waals surface area contributed by atoms with Crippen molar-refractivity contribution in [1.82, 2.24) is 0 Å². The van der Waals surface area contributed by atoms with Crippen LogP contribution in [0.5, 0.6) is 0 Å². The van der Waals surface area contributed by atoms with Crippen LogP contribution in [-0.4, -0.2) is 11.9 Å². The summed E-state index contributed by atoms with van der Waals surface area (Å²) >= 11 is 0. The molecule has 0 spiro atoms. The predicted molar refractivity (Wildman–Crippen MR) is 73.9 cm³/mol. The highest BCUT2D eigenvalue weighted by molar-refractivity contribution is 9.02. The van der Waals surface area contributed by atoms with Crippen molar-refractivity contribution in [2.45, 2.75) is 44.9 Å². The molecule has 1 saturated heterocycles. The van der Waals surface area contributed by atoms with Gasteiger partial charge in [-0.05, 0) is 26.5 Å². The van der Waals surface area contributed by atoms with Crippen LogP contribution in [0.1, 0.15) is 44.9 Å². The van der Waals surface area contributed by atoms with Crippen LogP contribution in [0.3, 0.4) is 0 Å². The largest absolute Gasteiger partial charge is 0.0895 e. The Morgan fingerprint density at radius 1 is 0.769 bits per heavy atom. The van der Waals surface area contributed by atoms with Crippen molar-refractivity contribution < 1.29 is 0 Å². The van der Waals surface area contributed by atoms with Crippen molar-refractivity contribution in [2.24, 2.45) is 0 Å². The van der Waals surface area contributed by atoms with E-state index in [1.165, 1.54) is 72.6 Å². The SMILES string of the molecule is C1CCCCPPSSCCCC1. The molecule has 1 fully saturated rings. The summed E-state index contributed by atoms with van der Waals surface area (Å²) in [5.41, 5.74) is 0. The van der Waals surface area contributed by atoms with E-state index in [1.807, 2.05) is 0 Å². The molecule has 1 rings (SSSR count). The van der Waals surface area contributed by atoms with Gasteiger partial charge in [0, 0.05) is 5.75 Å². The lowest BCUT2D eigenvalue weighted by molar-refractivity contribution is 0.605. The second-order valence-corrected chi connectivity index (χ2v) is 11.5. The highest BCUT2D eigenvalue weighted by Gasteiger charge is 1.96. The first kappa shape index (κ1) is 12.6. The molecule has 0 aromatic heterocycles. The van der Waals surface area contributed by atoms with Crippen LogP contribution in [0.25, 0.3) is 0 Å². The van der Waals surface area contributed by atoms with Crippen molar-refractivity contribution >= 4 is 36.9 Å².